The highest BCUT2D eigenvalue weighted by molar-refractivity contribution is 4.80. The van der Waals surface area contributed by atoms with Gasteiger partial charge in [0.05, 0.1) is 12.2 Å². The molecular weight excluding hydrogens is 119 g/mol. The fourth-order valence-electron chi connectivity index (χ4n) is 0.295. The largest absolute Gasteiger partial charge is 0.369 e. The van der Waals surface area contributed by atoms with Gasteiger partial charge in [-0.2, -0.15) is 0 Å². The first-order valence-corrected chi connectivity index (χ1v) is 2.89. The van der Waals surface area contributed by atoms with Crippen molar-refractivity contribution in [2.24, 2.45) is 0 Å². The van der Waals surface area contributed by atoms with Crippen molar-refractivity contribution in [1.82, 2.24) is 0 Å². The van der Waals surface area contributed by atoms with E-state index in [4.69, 9.17) is 4.74 Å². The van der Waals surface area contributed by atoms with Crippen LogP contribution in [-0.4, -0.2) is 12.2 Å². The molecule has 0 aromatic carbocycles. The summed E-state index contributed by atoms with van der Waals surface area (Å²) in [6.45, 7) is 8.68. The van der Waals surface area contributed by atoms with E-state index in [1.165, 1.54) is 0 Å². The molecule has 0 saturated carbocycles. The predicted molar refractivity (Wildman–Crippen MR) is 36.0 cm³/mol. The molecule has 0 heterocycles. The first-order valence-electron chi connectivity index (χ1n) is 2.89. The Morgan fingerprint density at radius 2 is 2.00 bits per heavy atom. The maximum Gasteiger partial charge on any atom is 0.118 e. The third-order valence-corrected chi connectivity index (χ3v) is 0.662. The fourth-order valence-corrected chi connectivity index (χ4v) is 0.295. The van der Waals surface area contributed by atoms with Gasteiger partial charge in [0.25, 0.3) is 0 Å². The molecule has 0 aliphatic carbocycles. The Balaban J connectivity index is 3.39. The number of rotatable bonds is 2. The Labute approximate surface area is 55.5 Å². The minimum atomic E-state index is -0.426. The van der Waals surface area contributed by atoms with Gasteiger partial charge in [-0.3, -0.25) is 0 Å². The molecule has 0 aromatic rings. The van der Waals surface area contributed by atoms with E-state index in [-0.39, 0.29) is 12.2 Å². The van der Waals surface area contributed by atoms with E-state index in [1.807, 2.05) is 20.8 Å². The van der Waals surface area contributed by atoms with Crippen LogP contribution in [0.25, 0.3) is 0 Å². The van der Waals surface area contributed by atoms with Crippen LogP contribution in [-0.2, 0) is 4.74 Å². The molecule has 0 rings (SSSR count). The number of ether oxygens (including phenoxy) is 1. The summed E-state index contributed by atoms with van der Waals surface area (Å²) in [7, 11) is 0. The van der Waals surface area contributed by atoms with Gasteiger partial charge in [-0.1, -0.05) is 6.58 Å². The van der Waals surface area contributed by atoms with Gasteiger partial charge in [-0.15, -0.1) is 0 Å². The van der Waals surface area contributed by atoms with Crippen molar-refractivity contribution in [1.29, 1.82) is 0 Å². The summed E-state index contributed by atoms with van der Waals surface area (Å²) in [5, 5.41) is 0. The first-order chi connectivity index (χ1) is 3.92. The lowest BCUT2D eigenvalue weighted by Crippen LogP contribution is -2.19. The van der Waals surface area contributed by atoms with Crippen molar-refractivity contribution >= 4 is 0 Å². The molecule has 0 spiro atoms. The summed E-state index contributed by atoms with van der Waals surface area (Å²) in [5.74, 6) is -0.426. The molecular formula is C7H13FO. The second kappa shape index (κ2) is 2.97. The Kier molecular flexibility index (Phi) is 2.85. The summed E-state index contributed by atoms with van der Waals surface area (Å²) in [4.78, 5) is 0. The van der Waals surface area contributed by atoms with E-state index in [9.17, 15) is 4.39 Å². The summed E-state index contributed by atoms with van der Waals surface area (Å²) < 4.78 is 16.9. The van der Waals surface area contributed by atoms with Crippen molar-refractivity contribution in [2.45, 2.75) is 26.4 Å². The Morgan fingerprint density at radius 3 is 2.11 bits per heavy atom. The van der Waals surface area contributed by atoms with E-state index in [0.717, 1.165) is 0 Å². The zero-order chi connectivity index (χ0) is 7.49. The van der Waals surface area contributed by atoms with E-state index in [2.05, 4.69) is 6.58 Å². The molecule has 2 heteroatoms. The summed E-state index contributed by atoms with van der Waals surface area (Å²) in [6.07, 6.45) is 0. The molecule has 0 fully saturated rings. The molecule has 0 unspecified atom stereocenters. The van der Waals surface area contributed by atoms with Crippen LogP contribution in [0.5, 0.6) is 0 Å². The highest BCUT2D eigenvalue weighted by Crippen LogP contribution is 2.08. The smallest absolute Gasteiger partial charge is 0.118 e. The van der Waals surface area contributed by atoms with Crippen molar-refractivity contribution in [3.63, 3.8) is 0 Å². The van der Waals surface area contributed by atoms with E-state index >= 15 is 0 Å². The highest BCUT2D eigenvalue weighted by Gasteiger charge is 2.09. The minimum Gasteiger partial charge on any atom is -0.369 e. The molecule has 54 valence electrons. The van der Waals surface area contributed by atoms with Crippen LogP contribution < -0.4 is 0 Å². The Morgan fingerprint density at radius 1 is 1.56 bits per heavy atom. The Bertz CT molecular complexity index is 102. The zero-order valence-electron chi connectivity index (χ0n) is 6.20. The number of halogens is 1. The second-order valence-electron chi connectivity index (χ2n) is 2.92. The number of hydrogen-bond acceptors (Lipinski definition) is 1. The van der Waals surface area contributed by atoms with Crippen LogP contribution in [0.1, 0.15) is 20.8 Å². The van der Waals surface area contributed by atoms with E-state index in [1.54, 1.807) is 0 Å². The minimum absolute atomic E-state index is 0.00347. The van der Waals surface area contributed by atoms with Gasteiger partial charge in [0.1, 0.15) is 5.83 Å². The van der Waals surface area contributed by atoms with Crippen LogP contribution in [0.15, 0.2) is 12.4 Å². The SMILES string of the molecule is C=C(F)COC(C)(C)C. The third-order valence-electron chi connectivity index (χ3n) is 0.662. The molecule has 0 aliphatic rings. The third kappa shape index (κ3) is 7.63. The average Bonchev–Trinajstić information content (AvgIpc) is 1.59. The van der Waals surface area contributed by atoms with Gasteiger partial charge in [0, 0.05) is 0 Å². The second-order valence-corrected chi connectivity index (χ2v) is 2.92. The van der Waals surface area contributed by atoms with Gasteiger partial charge >= 0.3 is 0 Å². The molecule has 0 amide bonds. The lowest BCUT2D eigenvalue weighted by molar-refractivity contribution is 0.00456. The molecule has 9 heavy (non-hydrogen) atoms. The topological polar surface area (TPSA) is 9.23 Å². The van der Waals surface area contributed by atoms with E-state index < -0.39 is 5.83 Å². The quantitative estimate of drug-likeness (QED) is 0.560. The normalized spacial score (nSPS) is 11.6. The van der Waals surface area contributed by atoms with Crippen LogP contribution in [0.2, 0.25) is 0 Å². The predicted octanol–water partition coefficient (Wildman–Crippen LogP) is 2.28. The molecule has 0 N–H and O–H groups in total. The van der Waals surface area contributed by atoms with Gasteiger partial charge in [-0.25, -0.2) is 4.39 Å². The van der Waals surface area contributed by atoms with Gasteiger partial charge in [0.2, 0.25) is 0 Å². The number of hydrogen-bond donors (Lipinski definition) is 0. The highest BCUT2D eigenvalue weighted by atomic mass is 19.1. The van der Waals surface area contributed by atoms with Crippen LogP contribution >= 0.6 is 0 Å². The monoisotopic (exact) mass is 132 g/mol. The van der Waals surface area contributed by atoms with Crippen LogP contribution in [0, 0.1) is 0 Å². The average molecular weight is 132 g/mol. The molecule has 1 nitrogen and oxygen atoms in total. The summed E-state index contributed by atoms with van der Waals surface area (Å²) >= 11 is 0. The van der Waals surface area contributed by atoms with Crippen LogP contribution in [0.4, 0.5) is 4.39 Å². The lowest BCUT2D eigenvalue weighted by Gasteiger charge is -2.18. The maximum absolute atomic E-state index is 11.9. The first kappa shape index (κ1) is 8.63. The Hall–Kier alpha value is -0.370. The zero-order valence-corrected chi connectivity index (χ0v) is 6.20. The molecule has 0 atom stereocenters. The lowest BCUT2D eigenvalue weighted by atomic mass is 10.2. The summed E-state index contributed by atoms with van der Waals surface area (Å²) in [6, 6.07) is 0. The molecule has 0 aromatic heterocycles. The van der Waals surface area contributed by atoms with Gasteiger partial charge in [0.15, 0.2) is 0 Å². The molecule has 0 aliphatic heterocycles. The van der Waals surface area contributed by atoms with Gasteiger partial charge in [-0.05, 0) is 20.8 Å². The summed E-state index contributed by atoms with van der Waals surface area (Å²) in [5.41, 5.74) is -0.269. The van der Waals surface area contributed by atoms with Crippen molar-refractivity contribution < 1.29 is 9.13 Å². The molecule has 0 radical (unpaired) electrons. The van der Waals surface area contributed by atoms with E-state index in [0.29, 0.717) is 0 Å². The molecule has 0 bridgehead atoms. The van der Waals surface area contributed by atoms with Crippen LogP contribution in [0.3, 0.4) is 0 Å². The standard InChI is InChI=1S/C7H13FO/c1-6(8)5-9-7(2,3)4/h1,5H2,2-4H3. The van der Waals surface area contributed by atoms with Gasteiger partial charge < -0.3 is 4.74 Å². The molecule has 0 saturated heterocycles. The maximum atomic E-state index is 11.9. The fraction of sp³-hybridized carbons (Fsp3) is 0.714. The van der Waals surface area contributed by atoms with Crippen molar-refractivity contribution in [2.75, 3.05) is 6.61 Å². The van der Waals surface area contributed by atoms with Crippen molar-refractivity contribution in [3.05, 3.63) is 12.4 Å². The van der Waals surface area contributed by atoms with Crippen molar-refractivity contribution in [3.8, 4) is 0 Å².